The Hall–Kier alpha value is -1.76. The fourth-order valence-corrected chi connectivity index (χ4v) is 2.42. The molecule has 2 rings (SSSR count). The number of anilines is 1. The number of hydrogen-bond acceptors (Lipinski definition) is 1. The maximum absolute atomic E-state index is 3.67. The van der Waals surface area contributed by atoms with E-state index in [1.54, 1.807) is 0 Å². The minimum absolute atomic E-state index is 0.486. The molecule has 0 heterocycles. The summed E-state index contributed by atoms with van der Waals surface area (Å²) in [4.78, 5) is 0. The molecule has 106 valence electrons. The van der Waals surface area contributed by atoms with Crippen molar-refractivity contribution in [3.05, 3.63) is 65.7 Å². The van der Waals surface area contributed by atoms with E-state index in [2.05, 4.69) is 80.7 Å². The Morgan fingerprint density at radius 1 is 0.950 bits per heavy atom. The van der Waals surface area contributed by atoms with E-state index in [1.807, 2.05) is 0 Å². The highest BCUT2D eigenvalue weighted by Crippen LogP contribution is 2.20. The molecule has 0 aliphatic rings. The summed E-state index contributed by atoms with van der Waals surface area (Å²) in [6, 6.07) is 20.0. The summed E-state index contributed by atoms with van der Waals surface area (Å²) in [5.41, 5.74) is 4.02. The lowest BCUT2D eigenvalue weighted by Crippen LogP contribution is -2.21. The molecule has 0 saturated heterocycles. The molecule has 20 heavy (non-hydrogen) atoms. The van der Waals surface area contributed by atoms with Gasteiger partial charge in [0.05, 0.1) is 0 Å². The van der Waals surface area contributed by atoms with Crippen LogP contribution in [0.1, 0.15) is 44.2 Å². The fraction of sp³-hybridized carbons (Fsp3) is 0.368. The van der Waals surface area contributed by atoms with E-state index < -0.39 is 0 Å². The van der Waals surface area contributed by atoms with Gasteiger partial charge in [-0.3, -0.25) is 0 Å². The molecule has 0 bridgehead atoms. The van der Waals surface area contributed by atoms with Crippen molar-refractivity contribution in [2.24, 2.45) is 0 Å². The van der Waals surface area contributed by atoms with Crippen LogP contribution in [-0.2, 0) is 6.42 Å². The number of benzene rings is 2. The van der Waals surface area contributed by atoms with Gasteiger partial charge < -0.3 is 5.32 Å². The molecule has 2 aromatic rings. The zero-order chi connectivity index (χ0) is 14.4. The summed E-state index contributed by atoms with van der Waals surface area (Å²) in [7, 11) is 0. The van der Waals surface area contributed by atoms with Gasteiger partial charge in [-0.15, -0.1) is 0 Å². The maximum atomic E-state index is 3.67. The molecule has 1 unspecified atom stereocenters. The second-order valence-electron chi connectivity index (χ2n) is 5.72. The van der Waals surface area contributed by atoms with Crippen molar-refractivity contribution in [1.82, 2.24) is 0 Å². The van der Waals surface area contributed by atoms with Crippen molar-refractivity contribution in [2.75, 3.05) is 5.32 Å². The molecule has 0 fully saturated rings. The lowest BCUT2D eigenvalue weighted by molar-refractivity contribution is 0.690. The average Bonchev–Trinajstić information content (AvgIpc) is 2.48. The van der Waals surface area contributed by atoms with Crippen molar-refractivity contribution < 1.29 is 0 Å². The van der Waals surface area contributed by atoms with Crippen molar-refractivity contribution in [3.63, 3.8) is 0 Å². The van der Waals surface area contributed by atoms with E-state index in [-0.39, 0.29) is 0 Å². The fourth-order valence-electron chi connectivity index (χ4n) is 2.42. The van der Waals surface area contributed by atoms with E-state index in [1.165, 1.54) is 16.8 Å². The SMILES string of the molecule is CCC(Cc1ccccc1)Nc1cccc(C(C)C)c1. The third-order valence-corrected chi connectivity index (χ3v) is 3.74. The second kappa shape index (κ2) is 7.14. The minimum Gasteiger partial charge on any atom is -0.382 e. The van der Waals surface area contributed by atoms with Crippen LogP contribution in [0.2, 0.25) is 0 Å². The Morgan fingerprint density at radius 2 is 1.70 bits per heavy atom. The number of rotatable bonds is 6. The molecule has 1 N–H and O–H groups in total. The van der Waals surface area contributed by atoms with Crippen LogP contribution >= 0.6 is 0 Å². The van der Waals surface area contributed by atoms with Gasteiger partial charge >= 0.3 is 0 Å². The van der Waals surface area contributed by atoms with E-state index in [0.717, 1.165) is 12.8 Å². The first kappa shape index (κ1) is 14.6. The Labute approximate surface area is 123 Å². The smallest absolute Gasteiger partial charge is 0.0345 e. The van der Waals surface area contributed by atoms with Gasteiger partial charge in [-0.1, -0.05) is 63.2 Å². The Morgan fingerprint density at radius 3 is 2.35 bits per heavy atom. The highest BCUT2D eigenvalue weighted by atomic mass is 14.9. The first-order valence-corrected chi connectivity index (χ1v) is 7.59. The molecule has 1 atom stereocenters. The van der Waals surface area contributed by atoms with Crippen molar-refractivity contribution in [2.45, 2.75) is 45.6 Å². The summed E-state index contributed by atoms with van der Waals surface area (Å²) in [6.45, 7) is 6.72. The van der Waals surface area contributed by atoms with Gasteiger partial charge in [-0.25, -0.2) is 0 Å². The summed E-state index contributed by atoms with van der Waals surface area (Å²) in [5.74, 6) is 0.575. The van der Waals surface area contributed by atoms with Crippen LogP contribution in [0.3, 0.4) is 0 Å². The molecule has 0 aliphatic heterocycles. The first-order valence-electron chi connectivity index (χ1n) is 7.59. The monoisotopic (exact) mass is 267 g/mol. The van der Waals surface area contributed by atoms with Crippen molar-refractivity contribution in [3.8, 4) is 0 Å². The minimum atomic E-state index is 0.486. The van der Waals surface area contributed by atoms with Gasteiger partial charge in [0.1, 0.15) is 0 Å². The van der Waals surface area contributed by atoms with Crippen LogP contribution in [-0.4, -0.2) is 6.04 Å². The van der Waals surface area contributed by atoms with Crippen LogP contribution in [0.15, 0.2) is 54.6 Å². The Kier molecular flexibility index (Phi) is 5.23. The molecule has 2 aromatic carbocycles. The predicted molar refractivity (Wildman–Crippen MR) is 88.4 cm³/mol. The number of hydrogen-bond donors (Lipinski definition) is 1. The standard InChI is InChI=1S/C19H25N/c1-4-18(13-16-9-6-5-7-10-16)20-19-12-8-11-17(14-19)15(2)3/h5-12,14-15,18,20H,4,13H2,1-3H3. The van der Waals surface area contributed by atoms with Crippen LogP contribution in [0, 0.1) is 0 Å². The second-order valence-corrected chi connectivity index (χ2v) is 5.72. The van der Waals surface area contributed by atoms with E-state index in [9.17, 15) is 0 Å². The molecule has 1 heteroatoms. The van der Waals surface area contributed by atoms with E-state index in [0.29, 0.717) is 12.0 Å². The van der Waals surface area contributed by atoms with Crippen LogP contribution in [0.4, 0.5) is 5.69 Å². The topological polar surface area (TPSA) is 12.0 Å². The van der Waals surface area contributed by atoms with Crippen LogP contribution in [0.5, 0.6) is 0 Å². The van der Waals surface area contributed by atoms with Crippen LogP contribution < -0.4 is 5.32 Å². The summed E-state index contributed by atoms with van der Waals surface area (Å²) in [5, 5.41) is 3.67. The summed E-state index contributed by atoms with van der Waals surface area (Å²) in [6.07, 6.45) is 2.20. The average molecular weight is 267 g/mol. The lowest BCUT2D eigenvalue weighted by Gasteiger charge is -2.19. The molecule has 0 spiro atoms. The molecule has 0 radical (unpaired) electrons. The largest absolute Gasteiger partial charge is 0.382 e. The molecular weight excluding hydrogens is 242 g/mol. The van der Waals surface area contributed by atoms with Gasteiger partial charge in [-0.05, 0) is 42.0 Å². The summed E-state index contributed by atoms with van der Waals surface area (Å²) >= 11 is 0. The molecule has 0 aromatic heterocycles. The van der Waals surface area contributed by atoms with Gasteiger partial charge in [0.25, 0.3) is 0 Å². The Bertz CT molecular complexity index is 516. The van der Waals surface area contributed by atoms with Gasteiger partial charge in [0, 0.05) is 11.7 Å². The zero-order valence-corrected chi connectivity index (χ0v) is 12.8. The van der Waals surface area contributed by atoms with Crippen molar-refractivity contribution in [1.29, 1.82) is 0 Å². The third-order valence-electron chi connectivity index (χ3n) is 3.74. The highest BCUT2D eigenvalue weighted by Gasteiger charge is 2.08. The van der Waals surface area contributed by atoms with E-state index in [4.69, 9.17) is 0 Å². The van der Waals surface area contributed by atoms with Gasteiger partial charge in [-0.2, -0.15) is 0 Å². The third kappa shape index (κ3) is 4.12. The van der Waals surface area contributed by atoms with Gasteiger partial charge in [0.15, 0.2) is 0 Å². The molecular formula is C19H25N. The van der Waals surface area contributed by atoms with E-state index >= 15 is 0 Å². The molecule has 0 saturated carbocycles. The quantitative estimate of drug-likeness (QED) is 0.754. The maximum Gasteiger partial charge on any atom is 0.0345 e. The van der Waals surface area contributed by atoms with Crippen molar-refractivity contribution >= 4 is 5.69 Å². The first-order chi connectivity index (χ1) is 9.69. The summed E-state index contributed by atoms with van der Waals surface area (Å²) < 4.78 is 0. The number of nitrogens with one attached hydrogen (secondary N) is 1. The van der Waals surface area contributed by atoms with Crippen LogP contribution in [0.25, 0.3) is 0 Å². The normalized spacial score (nSPS) is 12.4. The molecule has 1 nitrogen and oxygen atoms in total. The van der Waals surface area contributed by atoms with Gasteiger partial charge in [0.2, 0.25) is 0 Å². The Balaban J connectivity index is 2.04. The highest BCUT2D eigenvalue weighted by molar-refractivity contribution is 5.47. The molecule has 0 aliphatic carbocycles. The zero-order valence-electron chi connectivity index (χ0n) is 12.8. The molecule has 0 amide bonds. The predicted octanol–water partition coefficient (Wildman–Crippen LogP) is 5.24. The lowest BCUT2D eigenvalue weighted by atomic mass is 10.0.